The summed E-state index contributed by atoms with van der Waals surface area (Å²) in [4.78, 5) is 10.4. The van der Waals surface area contributed by atoms with Crippen LogP contribution in [0.5, 0.6) is 0 Å². The van der Waals surface area contributed by atoms with Crippen molar-refractivity contribution in [2.75, 3.05) is 14.2 Å². The Morgan fingerprint density at radius 3 is 2.52 bits per heavy atom. The molecule has 0 N–H and O–H groups in total. The average molecular weight is 457 g/mol. The zero-order chi connectivity index (χ0) is 24.1. The molecule has 3 aliphatic carbocycles. The number of methoxy groups -OCH3 is 2. The number of aldehydes is 1. The number of hydrogen-bond donors (Lipinski definition) is 0. The lowest BCUT2D eigenvalue weighted by Gasteiger charge is -2.38. The number of carbonyl (C=O) groups excluding carboxylic acids is 1. The third kappa shape index (κ3) is 6.69. The lowest BCUT2D eigenvalue weighted by Crippen LogP contribution is -2.29. The van der Waals surface area contributed by atoms with Crippen molar-refractivity contribution in [3.63, 3.8) is 0 Å². The van der Waals surface area contributed by atoms with Gasteiger partial charge in [-0.3, -0.25) is 0 Å². The molecule has 0 spiro atoms. The highest BCUT2D eigenvalue weighted by Gasteiger charge is 2.44. The first kappa shape index (κ1) is 26.4. The predicted octanol–water partition coefficient (Wildman–Crippen LogP) is 7.28. The Hall–Kier alpha value is -1.19. The molecule has 1 aromatic rings. The molecule has 1 aromatic carbocycles. The summed E-state index contributed by atoms with van der Waals surface area (Å²) >= 11 is 0. The quantitative estimate of drug-likeness (QED) is 0.304. The minimum atomic E-state index is -0.0914. The van der Waals surface area contributed by atoms with Gasteiger partial charge in [-0.05, 0) is 96.6 Å². The van der Waals surface area contributed by atoms with Crippen LogP contribution in [-0.4, -0.2) is 26.8 Å². The molecule has 3 unspecified atom stereocenters. The van der Waals surface area contributed by atoms with Crippen LogP contribution in [0.1, 0.15) is 102 Å². The lowest BCUT2D eigenvalue weighted by atomic mass is 9.67. The maximum atomic E-state index is 10.4. The molecule has 0 radical (unpaired) electrons. The van der Waals surface area contributed by atoms with Crippen molar-refractivity contribution in [1.29, 1.82) is 0 Å². The predicted molar refractivity (Wildman–Crippen MR) is 137 cm³/mol. The molecule has 4 rings (SSSR count). The Morgan fingerprint density at radius 2 is 1.82 bits per heavy atom. The van der Waals surface area contributed by atoms with Crippen LogP contribution < -0.4 is 0 Å². The van der Waals surface area contributed by atoms with E-state index in [1.807, 2.05) is 0 Å². The van der Waals surface area contributed by atoms with Gasteiger partial charge < -0.3 is 14.3 Å². The van der Waals surface area contributed by atoms with Crippen LogP contribution in [0.3, 0.4) is 0 Å². The maximum Gasteiger partial charge on any atom is 0.157 e. The Labute approximate surface area is 203 Å². The molecule has 33 heavy (non-hydrogen) atoms. The third-order valence-corrected chi connectivity index (χ3v) is 9.08. The fourth-order valence-electron chi connectivity index (χ4n) is 6.76. The number of carbonyl (C=O) groups is 1. The van der Waals surface area contributed by atoms with Crippen LogP contribution in [0.4, 0.5) is 0 Å². The molecule has 0 aliphatic heterocycles. The van der Waals surface area contributed by atoms with Gasteiger partial charge in [0.15, 0.2) is 6.29 Å². The van der Waals surface area contributed by atoms with E-state index in [2.05, 4.69) is 45.9 Å². The van der Waals surface area contributed by atoms with Gasteiger partial charge in [0.2, 0.25) is 0 Å². The molecule has 0 aromatic heterocycles. The van der Waals surface area contributed by atoms with Gasteiger partial charge in [-0.2, -0.15) is 0 Å². The summed E-state index contributed by atoms with van der Waals surface area (Å²) in [6.07, 6.45) is 14.4. The summed E-state index contributed by atoms with van der Waals surface area (Å²) in [7, 11) is 3.39. The number of fused-ring (bicyclic) bond motifs is 2. The van der Waals surface area contributed by atoms with Crippen molar-refractivity contribution in [3.05, 3.63) is 34.9 Å². The van der Waals surface area contributed by atoms with Crippen LogP contribution in [0.2, 0.25) is 0 Å². The molecule has 3 nitrogen and oxygen atoms in total. The molecule has 3 heteroatoms. The molecule has 0 saturated heterocycles. The first-order valence-electron chi connectivity index (χ1n) is 13.3. The molecule has 0 amide bonds. The molecule has 2 saturated carbocycles. The zero-order valence-corrected chi connectivity index (χ0v) is 22.1. The largest absolute Gasteiger partial charge is 0.356 e. The average Bonchev–Trinajstić information content (AvgIpc) is 3.28. The van der Waals surface area contributed by atoms with Crippen LogP contribution in [0, 0.1) is 23.2 Å². The summed E-state index contributed by atoms with van der Waals surface area (Å²) in [5, 5.41) is 0. The molecule has 3 aliphatic rings. The minimum absolute atomic E-state index is 0.0914. The van der Waals surface area contributed by atoms with Crippen LogP contribution in [-0.2, 0) is 32.5 Å². The van der Waals surface area contributed by atoms with Gasteiger partial charge in [-0.1, -0.05) is 52.3 Å². The van der Waals surface area contributed by atoms with E-state index in [4.69, 9.17) is 9.47 Å². The first-order valence-corrected chi connectivity index (χ1v) is 13.3. The van der Waals surface area contributed by atoms with E-state index in [1.54, 1.807) is 14.2 Å². The van der Waals surface area contributed by atoms with Crippen LogP contribution >= 0.6 is 0 Å². The van der Waals surface area contributed by atoms with E-state index in [0.29, 0.717) is 10.8 Å². The summed E-state index contributed by atoms with van der Waals surface area (Å²) in [5.41, 5.74) is 5.37. The smallest absolute Gasteiger partial charge is 0.157 e. The number of aryl methyl sites for hydroxylation is 2. The van der Waals surface area contributed by atoms with Gasteiger partial charge in [0.05, 0.1) is 0 Å². The second kappa shape index (κ2) is 11.5. The number of rotatable bonds is 8. The van der Waals surface area contributed by atoms with Gasteiger partial charge in [-0.15, -0.1) is 0 Å². The normalized spacial score (nSPS) is 26.9. The van der Waals surface area contributed by atoms with Crippen molar-refractivity contribution in [1.82, 2.24) is 0 Å². The second-order valence-corrected chi connectivity index (χ2v) is 12.1. The Bertz CT molecular complexity index is 762. The second-order valence-electron chi connectivity index (χ2n) is 12.1. The van der Waals surface area contributed by atoms with Gasteiger partial charge in [0.1, 0.15) is 6.29 Å². The monoisotopic (exact) mass is 456 g/mol. The zero-order valence-electron chi connectivity index (χ0n) is 22.1. The van der Waals surface area contributed by atoms with E-state index < -0.39 is 0 Å². The third-order valence-electron chi connectivity index (χ3n) is 9.08. The molecular weight excluding hydrogens is 408 g/mol. The molecule has 2 fully saturated rings. The summed E-state index contributed by atoms with van der Waals surface area (Å²) in [5.74, 6) is 2.80. The van der Waals surface area contributed by atoms with Crippen molar-refractivity contribution < 1.29 is 14.3 Å². The fourth-order valence-corrected chi connectivity index (χ4v) is 6.76. The van der Waals surface area contributed by atoms with Gasteiger partial charge in [0, 0.05) is 27.1 Å². The summed E-state index contributed by atoms with van der Waals surface area (Å²) in [6.45, 7) is 9.57. The van der Waals surface area contributed by atoms with E-state index >= 15 is 0 Å². The molecule has 3 atom stereocenters. The highest BCUT2D eigenvalue weighted by molar-refractivity contribution is 5.49. The van der Waals surface area contributed by atoms with E-state index in [0.717, 1.165) is 49.7 Å². The SMILES string of the molecule is CC1(C)CCC2CCC(CCC=O)CC21.COC(CCc1ccc2c(c1)C(C)(C)CC2)OC. The van der Waals surface area contributed by atoms with E-state index in [9.17, 15) is 4.79 Å². The standard InChI is InChI=1S/C16H24O2.C14H24O/c1-16(2)10-9-13-7-5-12(11-14(13)16)6-8-15(17-3)18-4;1-14(2)8-7-12-6-5-11(4-3-9-15)10-13(12)14/h5,7,11,15H,6,8-10H2,1-4H3;9,11-13H,3-8,10H2,1-2H3. The van der Waals surface area contributed by atoms with Gasteiger partial charge in [0.25, 0.3) is 0 Å². The Kier molecular flexibility index (Phi) is 9.20. The molecular formula is C30H48O3. The van der Waals surface area contributed by atoms with Crippen molar-refractivity contribution in [2.24, 2.45) is 23.2 Å². The van der Waals surface area contributed by atoms with Crippen molar-refractivity contribution in [3.8, 4) is 0 Å². The topological polar surface area (TPSA) is 35.5 Å². The maximum absolute atomic E-state index is 10.4. The molecule has 0 bridgehead atoms. The molecule has 186 valence electrons. The van der Waals surface area contributed by atoms with Gasteiger partial charge >= 0.3 is 0 Å². The van der Waals surface area contributed by atoms with Crippen molar-refractivity contribution >= 4 is 6.29 Å². The fraction of sp³-hybridized carbons (Fsp3) is 0.767. The van der Waals surface area contributed by atoms with Crippen LogP contribution in [0.15, 0.2) is 18.2 Å². The molecule has 0 heterocycles. The number of hydrogen-bond acceptors (Lipinski definition) is 3. The number of ether oxygens (including phenoxy) is 2. The lowest BCUT2D eigenvalue weighted by molar-refractivity contribution is -0.108. The summed E-state index contributed by atoms with van der Waals surface area (Å²) in [6, 6.07) is 6.93. The van der Waals surface area contributed by atoms with Crippen LogP contribution in [0.25, 0.3) is 0 Å². The Balaban J connectivity index is 0.000000189. The highest BCUT2D eigenvalue weighted by atomic mass is 16.7. The van der Waals surface area contributed by atoms with Crippen molar-refractivity contribution in [2.45, 2.75) is 110 Å². The first-order chi connectivity index (χ1) is 15.7. The number of benzene rings is 1. The highest BCUT2D eigenvalue weighted by Crippen LogP contribution is 2.54. The Morgan fingerprint density at radius 1 is 1.06 bits per heavy atom. The van der Waals surface area contributed by atoms with Gasteiger partial charge in [-0.25, -0.2) is 0 Å². The van der Waals surface area contributed by atoms with E-state index in [-0.39, 0.29) is 6.29 Å². The van der Waals surface area contributed by atoms with E-state index in [1.165, 1.54) is 61.6 Å². The summed E-state index contributed by atoms with van der Waals surface area (Å²) < 4.78 is 10.5. The minimum Gasteiger partial charge on any atom is -0.356 e.